The van der Waals surface area contributed by atoms with E-state index in [1.807, 2.05) is 0 Å². The number of nitrogens with zero attached hydrogens (tertiary/aromatic N) is 1. The molecule has 0 aromatic carbocycles. The van der Waals surface area contributed by atoms with Crippen molar-refractivity contribution in [1.82, 2.24) is 4.98 Å². The van der Waals surface area contributed by atoms with Crippen LogP contribution >= 0.6 is 11.3 Å². The Morgan fingerprint density at radius 1 is 1.38 bits per heavy atom. The first-order valence-corrected chi connectivity index (χ1v) is 8.48. The summed E-state index contributed by atoms with van der Waals surface area (Å²) in [5.41, 5.74) is 0.655. The van der Waals surface area contributed by atoms with E-state index in [-0.39, 0.29) is 24.2 Å². The van der Waals surface area contributed by atoms with Gasteiger partial charge in [-0.1, -0.05) is 12.8 Å². The van der Waals surface area contributed by atoms with Crippen LogP contribution in [-0.4, -0.2) is 23.5 Å². The molecule has 0 bridgehead atoms. The second-order valence-electron chi connectivity index (χ2n) is 5.75. The molecule has 5 nitrogen and oxygen atoms in total. The van der Waals surface area contributed by atoms with Crippen LogP contribution in [0.4, 0.5) is 5.13 Å². The van der Waals surface area contributed by atoms with Gasteiger partial charge in [0.2, 0.25) is 5.91 Å². The number of esters is 1. The van der Waals surface area contributed by atoms with Gasteiger partial charge < -0.3 is 10.1 Å². The molecule has 1 heterocycles. The number of fused-ring (bicyclic) bond motifs is 1. The average molecular weight is 308 g/mol. The summed E-state index contributed by atoms with van der Waals surface area (Å²) in [6, 6.07) is 0. The number of carbonyl (C=O) groups is 2. The van der Waals surface area contributed by atoms with Crippen LogP contribution in [-0.2, 0) is 20.7 Å². The Morgan fingerprint density at radius 2 is 2.10 bits per heavy atom. The number of carbonyl (C=O) groups excluding carboxylic acids is 2. The molecule has 0 saturated heterocycles. The Balaban J connectivity index is 1.52. The van der Waals surface area contributed by atoms with Crippen molar-refractivity contribution in [3.8, 4) is 0 Å². The summed E-state index contributed by atoms with van der Waals surface area (Å²) in [6.07, 6.45) is 5.05. The zero-order chi connectivity index (χ0) is 14.8. The lowest BCUT2D eigenvalue weighted by molar-refractivity contribution is -0.142. The first kappa shape index (κ1) is 14.5. The number of aromatic nitrogens is 1. The van der Waals surface area contributed by atoms with Crippen LogP contribution in [0.3, 0.4) is 0 Å². The fourth-order valence-electron chi connectivity index (χ4n) is 3.38. The summed E-state index contributed by atoms with van der Waals surface area (Å²) in [6.45, 7) is 2.15. The maximum absolute atomic E-state index is 12.2. The molecule has 2 aliphatic carbocycles. The van der Waals surface area contributed by atoms with Crippen LogP contribution < -0.4 is 5.32 Å². The van der Waals surface area contributed by atoms with E-state index in [4.69, 9.17) is 4.74 Å². The molecule has 3 rings (SSSR count). The van der Waals surface area contributed by atoms with E-state index in [1.54, 1.807) is 12.3 Å². The van der Waals surface area contributed by atoms with Crippen molar-refractivity contribution in [3.05, 3.63) is 11.1 Å². The number of thiazole rings is 1. The van der Waals surface area contributed by atoms with Gasteiger partial charge >= 0.3 is 5.97 Å². The molecule has 2 fully saturated rings. The lowest BCUT2D eigenvalue weighted by atomic mass is 10.0. The molecule has 0 spiro atoms. The van der Waals surface area contributed by atoms with E-state index in [0.29, 0.717) is 29.3 Å². The van der Waals surface area contributed by atoms with Gasteiger partial charge in [-0.3, -0.25) is 9.59 Å². The summed E-state index contributed by atoms with van der Waals surface area (Å²) in [5.74, 6) is 1.19. The molecule has 2 atom stereocenters. The Hall–Kier alpha value is -1.43. The van der Waals surface area contributed by atoms with Gasteiger partial charge in [-0.15, -0.1) is 11.3 Å². The Labute approximate surface area is 128 Å². The molecule has 1 aromatic rings. The van der Waals surface area contributed by atoms with Crippen molar-refractivity contribution in [2.75, 3.05) is 11.9 Å². The predicted molar refractivity (Wildman–Crippen MR) is 80.0 cm³/mol. The Kier molecular flexibility index (Phi) is 4.24. The molecule has 1 aromatic heterocycles. The van der Waals surface area contributed by atoms with Crippen molar-refractivity contribution in [1.29, 1.82) is 0 Å². The van der Waals surface area contributed by atoms with E-state index >= 15 is 0 Å². The van der Waals surface area contributed by atoms with E-state index in [0.717, 1.165) is 0 Å². The highest BCUT2D eigenvalue weighted by Crippen LogP contribution is 2.55. The standard InChI is InChI=1S/C15H20N2O3S/c1-2-20-12(18)7-9-8-21-15(16-9)17-14(19)13-10-5-3-4-6-11(10)13/h8,10-11,13H,2-7H2,1H3,(H,16,17,19). The van der Waals surface area contributed by atoms with Crippen molar-refractivity contribution < 1.29 is 14.3 Å². The van der Waals surface area contributed by atoms with Crippen molar-refractivity contribution >= 4 is 28.3 Å². The zero-order valence-electron chi connectivity index (χ0n) is 12.1. The molecule has 114 valence electrons. The molecule has 2 unspecified atom stereocenters. The van der Waals surface area contributed by atoms with Gasteiger partial charge in [-0.2, -0.15) is 0 Å². The molecule has 0 aliphatic heterocycles. The number of anilines is 1. The largest absolute Gasteiger partial charge is 0.466 e. The second-order valence-corrected chi connectivity index (χ2v) is 6.61. The maximum Gasteiger partial charge on any atom is 0.311 e. The second kappa shape index (κ2) is 6.13. The van der Waals surface area contributed by atoms with Gasteiger partial charge in [-0.25, -0.2) is 4.98 Å². The number of ether oxygens (including phenoxy) is 1. The summed E-state index contributed by atoms with van der Waals surface area (Å²) in [5, 5.41) is 5.29. The molecule has 1 amide bonds. The fraction of sp³-hybridized carbons (Fsp3) is 0.667. The molecule has 2 aliphatic rings. The smallest absolute Gasteiger partial charge is 0.311 e. The number of amides is 1. The predicted octanol–water partition coefficient (Wildman–Crippen LogP) is 2.62. The summed E-state index contributed by atoms with van der Waals surface area (Å²) in [7, 11) is 0. The minimum absolute atomic E-state index is 0.101. The van der Waals surface area contributed by atoms with Crippen molar-refractivity contribution in [2.45, 2.75) is 39.0 Å². The zero-order valence-corrected chi connectivity index (χ0v) is 12.9. The lowest BCUT2D eigenvalue weighted by Crippen LogP contribution is -2.15. The van der Waals surface area contributed by atoms with Gasteiger partial charge in [0.25, 0.3) is 0 Å². The highest BCUT2D eigenvalue weighted by Gasteiger charge is 2.54. The molecular weight excluding hydrogens is 288 g/mol. The van der Waals surface area contributed by atoms with Crippen molar-refractivity contribution in [2.24, 2.45) is 17.8 Å². The minimum atomic E-state index is -0.283. The quantitative estimate of drug-likeness (QED) is 0.849. The normalized spacial score (nSPS) is 26.8. The average Bonchev–Trinajstić information content (AvgIpc) is 3.05. The van der Waals surface area contributed by atoms with E-state index in [2.05, 4.69) is 10.3 Å². The topological polar surface area (TPSA) is 68.3 Å². The minimum Gasteiger partial charge on any atom is -0.466 e. The number of rotatable bonds is 5. The molecule has 6 heteroatoms. The van der Waals surface area contributed by atoms with Crippen LogP contribution in [0.1, 0.15) is 38.3 Å². The lowest BCUT2D eigenvalue weighted by Gasteiger charge is -2.04. The number of hydrogen-bond acceptors (Lipinski definition) is 5. The summed E-state index contributed by atoms with van der Waals surface area (Å²) >= 11 is 1.37. The highest BCUT2D eigenvalue weighted by molar-refractivity contribution is 7.13. The van der Waals surface area contributed by atoms with Crippen LogP contribution in [0, 0.1) is 17.8 Å². The third kappa shape index (κ3) is 3.26. The van der Waals surface area contributed by atoms with Gasteiger partial charge in [0.1, 0.15) is 0 Å². The first-order chi connectivity index (χ1) is 10.2. The monoisotopic (exact) mass is 308 g/mol. The van der Waals surface area contributed by atoms with E-state index < -0.39 is 0 Å². The van der Waals surface area contributed by atoms with Crippen LogP contribution in [0.2, 0.25) is 0 Å². The van der Waals surface area contributed by atoms with Gasteiger partial charge in [0.05, 0.1) is 18.7 Å². The highest BCUT2D eigenvalue weighted by atomic mass is 32.1. The number of nitrogens with one attached hydrogen (secondary N) is 1. The molecule has 21 heavy (non-hydrogen) atoms. The Bertz CT molecular complexity index is 531. The number of hydrogen-bond donors (Lipinski definition) is 1. The van der Waals surface area contributed by atoms with Crippen LogP contribution in [0.25, 0.3) is 0 Å². The van der Waals surface area contributed by atoms with Crippen LogP contribution in [0.15, 0.2) is 5.38 Å². The molecular formula is C15H20N2O3S. The van der Waals surface area contributed by atoms with Crippen LogP contribution in [0.5, 0.6) is 0 Å². The fourth-order valence-corrected chi connectivity index (χ4v) is 4.09. The van der Waals surface area contributed by atoms with E-state index in [1.165, 1.54) is 37.0 Å². The molecule has 1 N–H and O–H groups in total. The SMILES string of the molecule is CCOC(=O)Cc1csc(NC(=O)C2C3CCCCC32)n1. The van der Waals surface area contributed by atoms with Gasteiger partial charge in [0.15, 0.2) is 5.13 Å². The summed E-state index contributed by atoms with van der Waals surface area (Å²) < 4.78 is 4.89. The maximum atomic E-state index is 12.2. The third-order valence-electron chi connectivity index (χ3n) is 4.37. The Morgan fingerprint density at radius 3 is 2.76 bits per heavy atom. The van der Waals surface area contributed by atoms with Crippen molar-refractivity contribution in [3.63, 3.8) is 0 Å². The van der Waals surface area contributed by atoms with Gasteiger partial charge in [-0.05, 0) is 31.6 Å². The third-order valence-corrected chi connectivity index (χ3v) is 5.18. The first-order valence-electron chi connectivity index (χ1n) is 7.60. The molecule has 2 saturated carbocycles. The van der Waals surface area contributed by atoms with Gasteiger partial charge in [0, 0.05) is 11.3 Å². The van der Waals surface area contributed by atoms with E-state index in [9.17, 15) is 9.59 Å². The molecule has 0 radical (unpaired) electrons. The summed E-state index contributed by atoms with van der Waals surface area (Å²) in [4.78, 5) is 27.9.